The number of benzene rings is 1. The van der Waals surface area contributed by atoms with Crippen LogP contribution in [0, 0.1) is 11.3 Å². The van der Waals surface area contributed by atoms with E-state index in [0.29, 0.717) is 11.6 Å². The van der Waals surface area contributed by atoms with Crippen molar-refractivity contribution < 1.29 is 4.79 Å². The number of pyridine rings is 1. The van der Waals surface area contributed by atoms with Gasteiger partial charge in [0.25, 0.3) is 5.91 Å². The molecule has 1 aromatic carbocycles. The maximum Gasteiger partial charge on any atom is 0.269 e. The second-order valence-electron chi connectivity index (χ2n) is 4.73. The van der Waals surface area contributed by atoms with E-state index in [1.165, 1.54) is 10.7 Å². The average molecular weight is 312 g/mol. The molecule has 22 heavy (non-hydrogen) atoms. The number of carbonyl (C=O) groups is 1. The highest BCUT2D eigenvalue weighted by molar-refractivity contribution is 6.31. The van der Waals surface area contributed by atoms with E-state index >= 15 is 0 Å². The van der Waals surface area contributed by atoms with Crippen LogP contribution in [0.25, 0.3) is 10.9 Å². The lowest BCUT2D eigenvalue weighted by atomic mass is 10.1. The molecule has 0 atom stereocenters. The van der Waals surface area contributed by atoms with E-state index in [1.807, 2.05) is 30.3 Å². The van der Waals surface area contributed by atoms with Crippen LogP contribution in [0.1, 0.15) is 21.7 Å². The molecule has 3 aromatic rings. The molecule has 0 fully saturated rings. The van der Waals surface area contributed by atoms with Gasteiger partial charge in [0.2, 0.25) is 0 Å². The number of amides is 1. The molecule has 3 rings (SSSR count). The predicted octanol–water partition coefficient (Wildman–Crippen LogP) is 2.10. The number of fused-ring (bicyclic) bond motifs is 1. The van der Waals surface area contributed by atoms with Crippen LogP contribution >= 0.6 is 11.6 Å². The summed E-state index contributed by atoms with van der Waals surface area (Å²) in [7, 11) is 0. The third-order valence-electron chi connectivity index (χ3n) is 3.19. The van der Waals surface area contributed by atoms with Gasteiger partial charge in [-0.15, -0.1) is 0 Å². The number of aromatic nitrogens is 3. The Balaban J connectivity index is 1.99. The molecular weight excluding hydrogens is 302 g/mol. The molecule has 108 valence electrons. The molecule has 0 saturated carbocycles. The molecule has 0 unspecified atom stereocenters. The summed E-state index contributed by atoms with van der Waals surface area (Å²) in [5, 5.41) is 14.6. The fourth-order valence-corrected chi connectivity index (χ4v) is 2.34. The molecule has 7 heteroatoms. The van der Waals surface area contributed by atoms with E-state index in [4.69, 9.17) is 22.6 Å². The lowest BCUT2D eigenvalue weighted by Crippen LogP contribution is -2.13. The fraction of sp³-hybridized carbons (Fsp3) is 0.0667. The van der Waals surface area contributed by atoms with Crippen molar-refractivity contribution in [2.45, 2.75) is 6.54 Å². The molecule has 6 nitrogen and oxygen atoms in total. The van der Waals surface area contributed by atoms with Crippen molar-refractivity contribution in [2.75, 3.05) is 0 Å². The number of hydrogen-bond acceptors (Lipinski definition) is 4. The van der Waals surface area contributed by atoms with Crippen molar-refractivity contribution in [1.29, 1.82) is 5.26 Å². The van der Waals surface area contributed by atoms with Gasteiger partial charge in [-0.1, -0.05) is 17.7 Å². The van der Waals surface area contributed by atoms with Gasteiger partial charge in [0.1, 0.15) is 11.8 Å². The Morgan fingerprint density at radius 3 is 2.91 bits per heavy atom. The van der Waals surface area contributed by atoms with Crippen LogP contribution in [0.5, 0.6) is 0 Å². The Hall–Kier alpha value is -2.91. The van der Waals surface area contributed by atoms with Crippen LogP contribution < -0.4 is 5.73 Å². The normalized spacial score (nSPS) is 10.5. The molecule has 0 aliphatic rings. The number of halogens is 1. The van der Waals surface area contributed by atoms with Crippen LogP contribution in [0.15, 0.2) is 36.5 Å². The summed E-state index contributed by atoms with van der Waals surface area (Å²) in [6.45, 7) is 0.346. The van der Waals surface area contributed by atoms with Gasteiger partial charge in [0, 0.05) is 17.6 Å². The van der Waals surface area contributed by atoms with Crippen LogP contribution in [-0.4, -0.2) is 20.7 Å². The van der Waals surface area contributed by atoms with Gasteiger partial charge in [-0.05, 0) is 23.8 Å². The van der Waals surface area contributed by atoms with Gasteiger partial charge in [-0.3, -0.25) is 9.78 Å². The molecule has 0 bridgehead atoms. The summed E-state index contributed by atoms with van der Waals surface area (Å²) >= 11 is 5.94. The topological polar surface area (TPSA) is 97.6 Å². The predicted molar refractivity (Wildman–Crippen MR) is 81.3 cm³/mol. The number of hydrogen-bond donors (Lipinski definition) is 1. The zero-order valence-electron chi connectivity index (χ0n) is 11.3. The molecular formula is C15H10ClN5O. The molecule has 2 N–H and O–H groups in total. The SMILES string of the molecule is N#Cc1cc(C(N)=O)nn1Cc1ccc2ncc(Cl)cc2c1. The van der Waals surface area contributed by atoms with E-state index in [2.05, 4.69) is 10.1 Å². The van der Waals surface area contributed by atoms with E-state index in [-0.39, 0.29) is 11.4 Å². The average Bonchev–Trinajstić information content (AvgIpc) is 2.90. The first-order valence-corrected chi connectivity index (χ1v) is 6.76. The number of primary amides is 1. The Morgan fingerprint density at radius 2 is 2.18 bits per heavy atom. The summed E-state index contributed by atoms with van der Waals surface area (Å²) < 4.78 is 1.44. The third-order valence-corrected chi connectivity index (χ3v) is 3.40. The minimum atomic E-state index is -0.662. The Bertz CT molecular complexity index is 925. The summed E-state index contributed by atoms with van der Waals surface area (Å²) in [5.41, 5.74) is 7.27. The third kappa shape index (κ3) is 2.62. The highest BCUT2D eigenvalue weighted by Gasteiger charge is 2.12. The number of rotatable bonds is 3. The Morgan fingerprint density at radius 1 is 1.36 bits per heavy atom. The second-order valence-corrected chi connectivity index (χ2v) is 5.17. The van der Waals surface area contributed by atoms with Gasteiger partial charge >= 0.3 is 0 Å². The van der Waals surface area contributed by atoms with Crippen molar-refractivity contribution >= 4 is 28.4 Å². The zero-order chi connectivity index (χ0) is 15.7. The first-order chi connectivity index (χ1) is 10.6. The lowest BCUT2D eigenvalue weighted by Gasteiger charge is -2.05. The molecule has 0 radical (unpaired) electrons. The minimum absolute atomic E-state index is 0.0713. The molecule has 1 amide bonds. The number of nitrogens with zero attached hydrogens (tertiary/aromatic N) is 4. The van der Waals surface area contributed by atoms with Crippen molar-refractivity contribution in [1.82, 2.24) is 14.8 Å². The van der Waals surface area contributed by atoms with Crippen molar-refractivity contribution in [2.24, 2.45) is 5.73 Å². The van der Waals surface area contributed by atoms with Gasteiger partial charge in [0.15, 0.2) is 5.69 Å². The Kier molecular flexibility index (Phi) is 3.49. The largest absolute Gasteiger partial charge is 0.364 e. The summed E-state index contributed by atoms with van der Waals surface area (Å²) in [6, 6.07) is 10.9. The first-order valence-electron chi connectivity index (χ1n) is 6.39. The fourth-order valence-electron chi connectivity index (χ4n) is 2.17. The second kappa shape index (κ2) is 5.47. The number of nitrogens with two attached hydrogens (primary N) is 1. The van der Waals surface area contributed by atoms with Gasteiger partial charge < -0.3 is 5.73 Å². The van der Waals surface area contributed by atoms with E-state index in [9.17, 15) is 4.79 Å². The quantitative estimate of drug-likeness (QED) is 0.800. The van der Waals surface area contributed by atoms with Crippen LogP contribution in [-0.2, 0) is 6.54 Å². The van der Waals surface area contributed by atoms with Crippen molar-refractivity contribution in [3.05, 3.63) is 58.5 Å². The van der Waals surface area contributed by atoms with Gasteiger partial charge in [-0.2, -0.15) is 10.4 Å². The van der Waals surface area contributed by atoms with Crippen LogP contribution in [0.3, 0.4) is 0 Å². The van der Waals surface area contributed by atoms with Gasteiger partial charge in [-0.25, -0.2) is 4.68 Å². The number of carbonyl (C=O) groups excluding carboxylic acids is 1. The standard InChI is InChI=1S/C15H10ClN5O/c16-11-4-10-3-9(1-2-13(10)19-7-11)8-21-12(6-17)5-14(20-21)15(18)22/h1-5,7H,8H2,(H2,18,22). The van der Waals surface area contributed by atoms with Crippen molar-refractivity contribution in [3.8, 4) is 6.07 Å². The molecule has 0 aliphatic carbocycles. The van der Waals surface area contributed by atoms with E-state index < -0.39 is 5.91 Å². The zero-order valence-corrected chi connectivity index (χ0v) is 12.1. The summed E-state index contributed by atoms with van der Waals surface area (Å²) in [4.78, 5) is 15.4. The first kappa shape index (κ1) is 14.0. The Labute approximate surface area is 130 Å². The molecule has 2 aromatic heterocycles. The highest BCUT2D eigenvalue weighted by Crippen LogP contribution is 2.19. The summed E-state index contributed by atoms with van der Waals surface area (Å²) in [6.07, 6.45) is 1.59. The monoisotopic (exact) mass is 311 g/mol. The maximum absolute atomic E-state index is 11.2. The van der Waals surface area contributed by atoms with Crippen LogP contribution in [0.4, 0.5) is 0 Å². The molecule has 2 heterocycles. The smallest absolute Gasteiger partial charge is 0.269 e. The number of nitriles is 1. The molecule has 0 saturated heterocycles. The maximum atomic E-state index is 11.2. The lowest BCUT2D eigenvalue weighted by molar-refractivity contribution is 0.0995. The van der Waals surface area contributed by atoms with Gasteiger partial charge in [0.05, 0.1) is 17.1 Å². The van der Waals surface area contributed by atoms with E-state index in [1.54, 1.807) is 6.20 Å². The summed E-state index contributed by atoms with van der Waals surface area (Å²) in [5.74, 6) is -0.662. The van der Waals surface area contributed by atoms with E-state index in [0.717, 1.165) is 16.5 Å². The van der Waals surface area contributed by atoms with Crippen molar-refractivity contribution in [3.63, 3.8) is 0 Å². The highest BCUT2D eigenvalue weighted by atomic mass is 35.5. The van der Waals surface area contributed by atoms with Crippen LogP contribution in [0.2, 0.25) is 5.02 Å². The minimum Gasteiger partial charge on any atom is -0.364 e. The molecule has 0 aliphatic heterocycles. The molecule has 0 spiro atoms.